The minimum absolute atomic E-state index is 0.134. The fraction of sp³-hybridized carbons (Fsp3) is 0.381. The monoisotopic (exact) mass is 441 g/mol. The Labute approximate surface area is 181 Å². The highest BCUT2D eigenvalue weighted by atomic mass is 19.3. The van der Waals surface area contributed by atoms with E-state index in [1.807, 2.05) is 13.0 Å². The number of anilines is 2. The zero-order valence-corrected chi connectivity index (χ0v) is 17.5. The van der Waals surface area contributed by atoms with Crippen molar-refractivity contribution in [3.05, 3.63) is 52.3 Å². The van der Waals surface area contributed by atoms with Gasteiger partial charge in [0.15, 0.2) is 5.65 Å². The molecule has 0 saturated carbocycles. The van der Waals surface area contributed by atoms with Crippen molar-refractivity contribution in [3.8, 4) is 0 Å². The molecular weight excluding hydrogens is 420 g/mol. The van der Waals surface area contributed by atoms with E-state index in [2.05, 4.69) is 25.4 Å². The molecular formula is C21H21F2N7O2. The van der Waals surface area contributed by atoms with Crippen molar-refractivity contribution >= 4 is 28.3 Å². The molecule has 1 fully saturated rings. The number of alkyl halides is 2. The average Bonchev–Trinajstić information content (AvgIpc) is 3.23. The van der Waals surface area contributed by atoms with Gasteiger partial charge < -0.3 is 14.6 Å². The fourth-order valence-corrected chi connectivity index (χ4v) is 4.12. The SMILES string of the molecule is Cc1cc2ncnn2cc1Nc1ncc2c(n1)c(C1CCOC(C(F)F)C1)cc(=O)n2C. The summed E-state index contributed by atoms with van der Waals surface area (Å²) in [5.74, 6) is 0.0765. The van der Waals surface area contributed by atoms with E-state index in [0.29, 0.717) is 29.0 Å². The van der Waals surface area contributed by atoms with Crippen LogP contribution in [0.2, 0.25) is 0 Å². The van der Waals surface area contributed by atoms with Gasteiger partial charge in [-0.3, -0.25) is 4.79 Å². The number of halogens is 2. The number of rotatable bonds is 4. The number of nitrogens with zero attached hydrogens (tertiary/aromatic N) is 6. The Kier molecular flexibility index (Phi) is 5.04. The molecule has 0 spiro atoms. The maximum absolute atomic E-state index is 13.3. The van der Waals surface area contributed by atoms with Gasteiger partial charge in [-0.2, -0.15) is 5.10 Å². The van der Waals surface area contributed by atoms with Gasteiger partial charge in [0.1, 0.15) is 12.4 Å². The van der Waals surface area contributed by atoms with Crippen LogP contribution in [0.3, 0.4) is 0 Å². The first-order valence-corrected chi connectivity index (χ1v) is 10.2. The van der Waals surface area contributed by atoms with Gasteiger partial charge in [0, 0.05) is 19.7 Å². The summed E-state index contributed by atoms with van der Waals surface area (Å²) in [6, 6.07) is 3.38. The van der Waals surface area contributed by atoms with E-state index in [-0.39, 0.29) is 24.5 Å². The molecule has 9 nitrogen and oxygen atoms in total. The number of fused-ring (bicyclic) bond motifs is 2. The van der Waals surface area contributed by atoms with Gasteiger partial charge in [0.2, 0.25) is 5.95 Å². The number of aryl methyl sites for hydroxylation is 2. The highest BCUT2D eigenvalue weighted by Gasteiger charge is 2.31. The molecule has 1 saturated heterocycles. The molecule has 166 valence electrons. The Morgan fingerprint density at radius 2 is 2.12 bits per heavy atom. The summed E-state index contributed by atoms with van der Waals surface area (Å²) in [7, 11) is 1.64. The minimum Gasteiger partial charge on any atom is -0.372 e. The van der Waals surface area contributed by atoms with Crippen LogP contribution in [0.25, 0.3) is 16.7 Å². The van der Waals surface area contributed by atoms with E-state index in [4.69, 9.17) is 4.74 Å². The van der Waals surface area contributed by atoms with E-state index >= 15 is 0 Å². The van der Waals surface area contributed by atoms with Gasteiger partial charge in [0.25, 0.3) is 12.0 Å². The molecule has 2 atom stereocenters. The van der Waals surface area contributed by atoms with Crippen molar-refractivity contribution < 1.29 is 13.5 Å². The molecule has 32 heavy (non-hydrogen) atoms. The summed E-state index contributed by atoms with van der Waals surface area (Å²) in [5, 5.41) is 7.34. The summed E-state index contributed by atoms with van der Waals surface area (Å²) in [5.41, 5.74) is 3.91. The quantitative estimate of drug-likeness (QED) is 0.520. The molecule has 5 heterocycles. The van der Waals surface area contributed by atoms with Crippen LogP contribution in [0, 0.1) is 6.92 Å². The van der Waals surface area contributed by atoms with E-state index in [1.54, 1.807) is 24.0 Å². The van der Waals surface area contributed by atoms with Crippen LogP contribution in [-0.2, 0) is 11.8 Å². The second-order valence-electron chi connectivity index (χ2n) is 7.95. The highest BCUT2D eigenvalue weighted by molar-refractivity contribution is 5.80. The molecule has 0 aromatic carbocycles. The maximum atomic E-state index is 13.3. The smallest absolute Gasteiger partial charge is 0.264 e. The standard InChI is InChI=1S/C21H21F2N7O2/c1-11-5-17-25-10-26-30(17)9-14(11)27-21-24-8-15-19(28-21)13(7-18(31)29(15)2)12-3-4-32-16(6-12)20(22)23/h5,7-10,12,16,20H,3-4,6H2,1-2H3,(H,24,27,28). The second-order valence-corrected chi connectivity index (χ2v) is 7.95. The molecule has 11 heteroatoms. The third kappa shape index (κ3) is 3.58. The molecule has 0 aliphatic carbocycles. The van der Waals surface area contributed by atoms with Crippen molar-refractivity contribution in [2.75, 3.05) is 11.9 Å². The van der Waals surface area contributed by atoms with Crippen LogP contribution in [0.5, 0.6) is 0 Å². The predicted molar refractivity (Wildman–Crippen MR) is 114 cm³/mol. The number of hydrogen-bond donors (Lipinski definition) is 1. The van der Waals surface area contributed by atoms with Crippen LogP contribution >= 0.6 is 0 Å². The predicted octanol–water partition coefficient (Wildman–Crippen LogP) is 2.95. The van der Waals surface area contributed by atoms with E-state index < -0.39 is 12.5 Å². The Morgan fingerprint density at radius 1 is 1.28 bits per heavy atom. The largest absolute Gasteiger partial charge is 0.372 e. The number of nitrogens with one attached hydrogen (secondary N) is 1. The van der Waals surface area contributed by atoms with Crippen LogP contribution < -0.4 is 10.9 Å². The molecule has 0 bridgehead atoms. The van der Waals surface area contributed by atoms with Crippen molar-refractivity contribution in [2.24, 2.45) is 7.05 Å². The first kappa shape index (κ1) is 20.4. The lowest BCUT2D eigenvalue weighted by Gasteiger charge is -2.29. The van der Waals surface area contributed by atoms with Crippen molar-refractivity contribution in [1.82, 2.24) is 29.1 Å². The second kappa shape index (κ2) is 7.90. The van der Waals surface area contributed by atoms with Crippen molar-refractivity contribution in [2.45, 2.75) is 38.2 Å². The maximum Gasteiger partial charge on any atom is 0.264 e. The van der Waals surface area contributed by atoms with E-state index in [0.717, 1.165) is 16.9 Å². The lowest BCUT2D eigenvalue weighted by molar-refractivity contribution is -0.0834. The summed E-state index contributed by atoms with van der Waals surface area (Å²) in [6.07, 6.45) is 1.79. The summed E-state index contributed by atoms with van der Waals surface area (Å²) < 4.78 is 34.8. The molecule has 1 N–H and O–H groups in total. The minimum atomic E-state index is -2.57. The average molecular weight is 441 g/mol. The molecule has 4 aromatic heterocycles. The lowest BCUT2D eigenvalue weighted by Crippen LogP contribution is -2.31. The summed E-state index contributed by atoms with van der Waals surface area (Å²) in [4.78, 5) is 25.7. The van der Waals surface area contributed by atoms with E-state index in [1.165, 1.54) is 17.0 Å². The highest BCUT2D eigenvalue weighted by Crippen LogP contribution is 2.35. The molecule has 4 aromatic rings. The van der Waals surface area contributed by atoms with Gasteiger partial charge in [-0.1, -0.05) is 0 Å². The van der Waals surface area contributed by atoms with Gasteiger partial charge in [-0.15, -0.1) is 0 Å². The van der Waals surface area contributed by atoms with Crippen LogP contribution in [0.1, 0.15) is 29.9 Å². The summed E-state index contributed by atoms with van der Waals surface area (Å²) in [6.45, 7) is 2.14. The van der Waals surface area contributed by atoms with Crippen LogP contribution in [0.15, 0.2) is 35.6 Å². The van der Waals surface area contributed by atoms with Gasteiger partial charge >= 0.3 is 0 Å². The number of hydrogen-bond acceptors (Lipinski definition) is 7. The molecule has 5 rings (SSSR count). The van der Waals surface area contributed by atoms with Gasteiger partial charge in [0.05, 0.1) is 29.1 Å². The Hall–Kier alpha value is -3.47. The van der Waals surface area contributed by atoms with E-state index in [9.17, 15) is 13.6 Å². The zero-order chi connectivity index (χ0) is 22.4. The summed E-state index contributed by atoms with van der Waals surface area (Å²) >= 11 is 0. The Bertz CT molecular complexity index is 1370. The zero-order valence-electron chi connectivity index (χ0n) is 17.5. The third-order valence-electron chi connectivity index (χ3n) is 5.92. The fourth-order valence-electron chi connectivity index (χ4n) is 4.12. The Morgan fingerprint density at radius 3 is 2.94 bits per heavy atom. The molecule has 1 aliphatic rings. The normalized spacial score (nSPS) is 19.2. The third-order valence-corrected chi connectivity index (χ3v) is 5.92. The van der Waals surface area contributed by atoms with Crippen LogP contribution in [0.4, 0.5) is 20.4 Å². The van der Waals surface area contributed by atoms with Crippen molar-refractivity contribution in [3.63, 3.8) is 0 Å². The first-order valence-electron chi connectivity index (χ1n) is 10.2. The number of pyridine rings is 2. The Balaban J connectivity index is 1.57. The molecule has 0 radical (unpaired) electrons. The van der Waals surface area contributed by atoms with Gasteiger partial charge in [-0.25, -0.2) is 28.2 Å². The van der Waals surface area contributed by atoms with Crippen LogP contribution in [-0.4, -0.2) is 48.3 Å². The topological polar surface area (TPSA) is 99.2 Å². The number of ether oxygens (including phenoxy) is 1. The number of aromatic nitrogens is 6. The lowest BCUT2D eigenvalue weighted by atomic mass is 9.88. The molecule has 2 unspecified atom stereocenters. The van der Waals surface area contributed by atoms with Crippen molar-refractivity contribution in [1.29, 1.82) is 0 Å². The first-order chi connectivity index (χ1) is 15.4. The molecule has 0 amide bonds. The van der Waals surface area contributed by atoms with Gasteiger partial charge in [-0.05, 0) is 42.9 Å². The molecule has 1 aliphatic heterocycles.